The molecule has 0 atom stereocenters. The number of aromatic nitrogens is 1. The van der Waals surface area contributed by atoms with E-state index in [4.69, 9.17) is 0 Å². The molecule has 0 N–H and O–H groups in total. The van der Waals surface area contributed by atoms with Crippen molar-refractivity contribution in [1.82, 2.24) is 4.98 Å². The van der Waals surface area contributed by atoms with Crippen molar-refractivity contribution in [2.45, 2.75) is 26.2 Å². The van der Waals surface area contributed by atoms with Gasteiger partial charge in [-0.2, -0.15) is 0 Å². The molecule has 2 aromatic heterocycles. The zero-order valence-corrected chi connectivity index (χ0v) is 8.98. The van der Waals surface area contributed by atoms with Crippen LogP contribution in [0, 0.1) is 0 Å². The maximum atomic E-state index is 4.12. The van der Waals surface area contributed by atoms with Crippen LogP contribution in [0.3, 0.4) is 0 Å². The molecule has 68 valence electrons. The van der Waals surface area contributed by atoms with Gasteiger partial charge < -0.3 is 0 Å². The second kappa shape index (κ2) is 2.81. The van der Waals surface area contributed by atoms with Gasteiger partial charge >= 0.3 is 0 Å². The van der Waals surface area contributed by atoms with E-state index in [0.717, 1.165) is 0 Å². The van der Waals surface area contributed by atoms with E-state index in [2.05, 4.69) is 37.9 Å². The smallest absolute Gasteiger partial charge is 0.0529 e. The summed E-state index contributed by atoms with van der Waals surface area (Å²) in [6.07, 6.45) is 3.79. The van der Waals surface area contributed by atoms with Crippen LogP contribution < -0.4 is 0 Å². The maximum absolute atomic E-state index is 4.12. The molecule has 0 saturated carbocycles. The summed E-state index contributed by atoms with van der Waals surface area (Å²) in [5.41, 5.74) is 0.254. The molecule has 13 heavy (non-hydrogen) atoms. The van der Waals surface area contributed by atoms with Gasteiger partial charge in [0.25, 0.3) is 0 Å². The zero-order valence-electron chi connectivity index (χ0n) is 8.16. The lowest BCUT2D eigenvalue weighted by Gasteiger charge is -2.14. The Morgan fingerprint density at radius 3 is 2.69 bits per heavy atom. The molecule has 0 amide bonds. The molecule has 1 nitrogen and oxygen atoms in total. The van der Waals surface area contributed by atoms with Gasteiger partial charge in [-0.05, 0) is 22.9 Å². The van der Waals surface area contributed by atoms with Gasteiger partial charge in [0.2, 0.25) is 0 Å². The van der Waals surface area contributed by atoms with Crippen LogP contribution in [0.4, 0.5) is 0 Å². The lowest BCUT2D eigenvalue weighted by Crippen LogP contribution is -2.07. The number of fused-ring (bicyclic) bond motifs is 1. The molecule has 0 aromatic carbocycles. The van der Waals surface area contributed by atoms with Crippen molar-refractivity contribution >= 4 is 21.4 Å². The predicted molar refractivity (Wildman–Crippen MR) is 58.3 cm³/mol. The minimum absolute atomic E-state index is 0.254. The molecule has 0 aliphatic carbocycles. The van der Waals surface area contributed by atoms with Crippen LogP contribution in [0.15, 0.2) is 24.5 Å². The van der Waals surface area contributed by atoms with Gasteiger partial charge in [-0.1, -0.05) is 20.8 Å². The van der Waals surface area contributed by atoms with E-state index in [1.165, 1.54) is 15.0 Å². The molecule has 0 fully saturated rings. The van der Waals surface area contributed by atoms with Crippen LogP contribution in [0.1, 0.15) is 25.6 Å². The van der Waals surface area contributed by atoms with Crippen molar-refractivity contribution < 1.29 is 0 Å². The predicted octanol–water partition coefficient (Wildman–Crippen LogP) is 3.59. The lowest BCUT2D eigenvalue weighted by molar-refractivity contribution is 0.604. The van der Waals surface area contributed by atoms with E-state index in [-0.39, 0.29) is 5.41 Å². The molecule has 2 rings (SSSR count). The van der Waals surface area contributed by atoms with Crippen molar-refractivity contribution in [3.63, 3.8) is 0 Å². The highest BCUT2D eigenvalue weighted by molar-refractivity contribution is 7.19. The van der Waals surface area contributed by atoms with Crippen LogP contribution in [0.2, 0.25) is 0 Å². The van der Waals surface area contributed by atoms with Crippen LogP contribution in [0.25, 0.3) is 10.1 Å². The molecular formula is C11H13NS. The third-order valence-electron chi connectivity index (χ3n) is 2.06. The zero-order chi connectivity index (χ0) is 9.47. The summed E-state index contributed by atoms with van der Waals surface area (Å²) in [4.78, 5) is 5.55. The number of pyridine rings is 1. The average Bonchev–Trinajstić information content (AvgIpc) is 2.45. The van der Waals surface area contributed by atoms with Gasteiger partial charge in [-0.15, -0.1) is 11.3 Å². The SMILES string of the molecule is CC(C)(C)c1cc2ccncc2s1. The van der Waals surface area contributed by atoms with E-state index >= 15 is 0 Å². The highest BCUT2D eigenvalue weighted by atomic mass is 32.1. The largest absolute Gasteiger partial charge is 0.263 e. The van der Waals surface area contributed by atoms with E-state index in [9.17, 15) is 0 Å². The summed E-state index contributed by atoms with van der Waals surface area (Å²) in [6, 6.07) is 4.34. The molecule has 2 heterocycles. The van der Waals surface area contributed by atoms with E-state index in [1.54, 1.807) is 0 Å². The van der Waals surface area contributed by atoms with Crippen molar-refractivity contribution in [2.24, 2.45) is 0 Å². The topological polar surface area (TPSA) is 12.9 Å². The molecule has 0 unspecified atom stereocenters. The Morgan fingerprint density at radius 2 is 2.08 bits per heavy atom. The fraction of sp³-hybridized carbons (Fsp3) is 0.364. The fourth-order valence-corrected chi connectivity index (χ4v) is 2.34. The van der Waals surface area contributed by atoms with Crippen molar-refractivity contribution in [2.75, 3.05) is 0 Å². The molecule has 0 bridgehead atoms. The minimum Gasteiger partial charge on any atom is -0.263 e. The number of nitrogens with zero attached hydrogens (tertiary/aromatic N) is 1. The summed E-state index contributed by atoms with van der Waals surface area (Å²) in [7, 11) is 0. The monoisotopic (exact) mass is 191 g/mol. The third-order valence-corrected chi connectivity index (χ3v) is 3.57. The van der Waals surface area contributed by atoms with Gasteiger partial charge in [0, 0.05) is 17.3 Å². The molecule has 0 saturated heterocycles. The standard InChI is InChI=1S/C11H13NS/c1-11(2,3)10-6-8-4-5-12-7-9(8)13-10/h4-7H,1-3H3. The average molecular weight is 191 g/mol. The molecule has 0 spiro atoms. The Bertz CT molecular complexity index is 390. The number of hydrogen-bond donors (Lipinski definition) is 0. The Morgan fingerprint density at radius 1 is 1.31 bits per heavy atom. The molecule has 0 aliphatic rings. The highest BCUT2D eigenvalue weighted by Gasteiger charge is 2.16. The lowest BCUT2D eigenvalue weighted by atomic mass is 9.94. The first-order chi connectivity index (χ1) is 6.07. The van der Waals surface area contributed by atoms with Crippen LogP contribution in [-0.2, 0) is 5.41 Å². The molecular weight excluding hydrogens is 178 g/mol. The van der Waals surface area contributed by atoms with Crippen LogP contribution in [0.5, 0.6) is 0 Å². The summed E-state index contributed by atoms with van der Waals surface area (Å²) in [5, 5.41) is 1.31. The third kappa shape index (κ3) is 1.59. The second-order valence-electron chi connectivity index (χ2n) is 4.27. The number of rotatable bonds is 0. The van der Waals surface area contributed by atoms with Gasteiger partial charge in [-0.25, -0.2) is 0 Å². The van der Waals surface area contributed by atoms with Crippen LogP contribution in [-0.4, -0.2) is 4.98 Å². The van der Waals surface area contributed by atoms with Gasteiger partial charge in [-0.3, -0.25) is 4.98 Å². The Hall–Kier alpha value is -0.890. The van der Waals surface area contributed by atoms with Gasteiger partial charge in [0.15, 0.2) is 0 Å². The molecule has 0 radical (unpaired) electrons. The summed E-state index contributed by atoms with van der Waals surface area (Å²) < 4.78 is 1.28. The second-order valence-corrected chi connectivity index (χ2v) is 5.36. The Labute approximate surface area is 82.4 Å². The van der Waals surface area contributed by atoms with Crippen molar-refractivity contribution in [3.05, 3.63) is 29.4 Å². The minimum atomic E-state index is 0.254. The summed E-state index contributed by atoms with van der Waals surface area (Å²) in [6.45, 7) is 6.72. The normalized spacial score (nSPS) is 12.2. The van der Waals surface area contributed by atoms with E-state index in [1.807, 2.05) is 23.7 Å². The highest BCUT2D eigenvalue weighted by Crippen LogP contribution is 2.33. The molecule has 2 heteroatoms. The fourth-order valence-electron chi connectivity index (χ4n) is 1.25. The molecule has 2 aromatic rings. The van der Waals surface area contributed by atoms with Gasteiger partial charge in [0.05, 0.1) is 4.70 Å². The summed E-state index contributed by atoms with van der Waals surface area (Å²) in [5.74, 6) is 0. The van der Waals surface area contributed by atoms with Crippen LogP contribution >= 0.6 is 11.3 Å². The first-order valence-electron chi connectivity index (χ1n) is 4.41. The quantitative estimate of drug-likeness (QED) is 0.620. The maximum Gasteiger partial charge on any atom is 0.0529 e. The number of thiophene rings is 1. The molecule has 0 aliphatic heterocycles. The summed E-state index contributed by atoms with van der Waals surface area (Å²) >= 11 is 1.84. The van der Waals surface area contributed by atoms with Gasteiger partial charge in [0.1, 0.15) is 0 Å². The first-order valence-corrected chi connectivity index (χ1v) is 5.23. The first kappa shape index (κ1) is 8.70. The Kier molecular flexibility index (Phi) is 1.88. The van der Waals surface area contributed by atoms with E-state index in [0.29, 0.717) is 0 Å². The van der Waals surface area contributed by atoms with Crippen molar-refractivity contribution in [1.29, 1.82) is 0 Å². The Balaban J connectivity index is 2.63. The van der Waals surface area contributed by atoms with Crippen molar-refractivity contribution in [3.8, 4) is 0 Å². The van der Waals surface area contributed by atoms with E-state index < -0.39 is 0 Å². The number of hydrogen-bond acceptors (Lipinski definition) is 2.